The maximum atomic E-state index is 12.9. The zero-order chi connectivity index (χ0) is 14.6. The van der Waals surface area contributed by atoms with Crippen molar-refractivity contribution in [2.75, 3.05) is 0 Å². The summed E-state index contributed by atoms with van der Waals surface area (Å²) in [5.41, 5.74) is -0.446. The number of aldehydes is 1. The van der Waals surface area contributed by atoms with Gasteiger partial charge in [0.2, 0.25) is 0 Å². The zero-order valence-corrected chi connectivity index (χ0v) is 10.3. The van der Waals surface area contributed by atoms with E-state index in [2.05, 4.69) is 4.98 Å². The number of aromatic nitrogens is 1. The van der Waals surface area contributed by atoms with Gasteiger partial charge in [0.25, 0.3) is 0 Å². The quantitative estimate of drug-likeness (QED) is 0.630. The minimum Gasteiger partial charge on any atom is -0.298 e. The van der Waals surface area contributed by atoms with E-state index >= 15 is 0 Å². The van der Waals surface area contributed by atoms with Crippen LogP contribution in [0.4, 0.5) is 13.2 Å². The van der Waals surface area contributed by atoms with E-state index in [1.54, 1.807) is 18.3 Å². The molecule has 0 fully saturated rings. The Bertz CT molecular complexity index is 633. The minimum absolute atomic E-state index is 0.0362. The fraction of sp³-hybridized carbons (Fsp3) is 0.0667. The summed E-state index contributed by atoms with van der Waals surface area (Å²) in [4.78, 5) is 15.0. The second kappa shape index (κ2) is 5.69. The fourth-order valence-electron chi connectivity index (χ4n) is 1.80. The SMILES string of the molecule is O=CC(=Cc1cccnc1)c1ccccc1C(F)(F)F. The largest absolute Gasteiger partial charge is 0.417 e. The number of halogens is 3. The van der Waals surface area contributed by atoms with Crippen LogP contribution < -0.4 is 0 Å². The molecule has 2 nitrogen and oxygen atoms in total. The molecule has 0 unspecified atom stereocenters. The molecule has 2 rings (SSSR count). The molecule has 1 heterocycles. The third-order valence-electron chi connectivity index (χ3n) is 2.68. The van der Waals surface area contributed by atoms with Gasteiger partial charge in [0, 0.05) is 18.0 Å². The molecule has 0 saturated carbocycles. The number of carbonyl (C=O) groups is 1. The van der Waals surface area contributed by atoms with Crippen molar-refractivity contribution in [1.29, 1.82) is 0 Å². The Morgan fingerprint density at radius 1 is 1.10 bits per heavy atom. The van der Waals surface area contributed by atoms with Crippen molar-refractivity contribution in [2.45, 2.75) is 6.18 Å². The Hall–Kier alpha value is -2.43. The molecule has 2 aromatic rings. The standard InChI is InChI=1S/C15H10F3NO/c16-15(17,18)14-6-2-1-5-13(14)12(10-20)8-11-4-3-7-19-9-11/h1-10H. The highest BCUT2D eigenvalue weighted by molar-refractivity contribution is 6.13. The van der Waals surface area contributed by atoms with Gasteiger partial charge in [0.15, 0.2) is 6.29 Å². The van der Waals surface area contributed by atoms with E-state index in [1.165, 1.54) is 30.5 Å². The highest BCUT2D eigenvalue weighted by Crippen LogP contribution is 2.34. The lowest BCUT2D eigenvalue weighted by Crippen LogP contribution is -2.08. The summed E-state index contributed by atoms with van der Waals surface area (Å²) in [5, 5.41) is 0. The Labute approximate surface area is 113 Å². The Morgan fingerprint density at radius 3 is 2.45 bits per heavy atom. The van der Waals surface area contributed by atoms with Gasteiger partial charge in [0.1, 0.15) is 0 Å². The number of nitrogens with zero attached hydrogens (tertiary/aromatic N) is 1. The van der Waals surface area contributed by atoms with Gasteiger partial charge < -0.3 is 0 Å². The molecule has 0 radical (unpaired) electrons. The van der Waals surface area contributed by atoms with E-state index in [-0.39, 0.29) is 11.1 Å². The lowest BCUT2D eigenvalue weighted by atomic mass is 9.98. The first kappa shape index (κ1) is 14.0. The number of hydrogen-bond donors (Lipinski definition) is 0. The van der Waals surface area contributed by atoms with Gasteiger partial charge in [-0.15, -0.1) is 0 Å². The van der Waals surface area contributed by atoms with Crippen LogP contribution in [0.3, 0.4) is 0 Å². The lowest BCUT2D eigenvalue weighted by Gasteiger charge is -2.12. The van der Waals surface area contributed by atoms with Crippen LogP contribution in [0.5, 0.6) is 0 Å². The molecule has 0 atom stereocenters. The summed E-state index contributed by atoms with van der Waals surface area (Å²) in [6.45, 7) is 0. The maximum Gasteiger partial charge on any atom is 0.417 e. The molecular formula is C15H10F3NO. The van der Waals surface area contributed by atoms with E-state index in [0.29, 0.717) is 11.8 Å². The van der Waals surface area contributed by atoms with Crippen molar-refractivity contribution in [3.63, 3.8) is 0 Å². The van der Waals surface area contributed by atoms with Gasteiger partial charge in [-0.3, -0.25) is 9.78 Å². The first-order valence-electron chi connectivity index (χ1n) is 5.76. The second-order valence-electron chi connectivity index (χ2n) is 4.05. The smallest absolute Gasteiger partial charge is 0.298 e. The van der Waals surface area contributed by atoms with E-state index in [9.17, 15) is 18.0 Å². The average Bonchev–Trinajstić information content (AvgIpc) is 2.45. The molecule has 0 aliphatic carbocycles. The van der Waals surface area contributed by atoms with Crippen LogP contribution in [0, 0.1) is 0 Å². The predicted octanol–water partition coefficient (Wildman–Crippen LogP) is 3.84. The topological polar surface area (TPSA) is 30.0 Å². The molecule has 0 aliphatic heterocycles. The van der Waals surface area contributed by atoms with Gasteiger partial charge in [-0.05, 0) is 29.3 Å². The van der Waals surface area contributed by atoms with E-state index < -0.39 is 11.7 Å². The summed E-state index contributed by atoms with van der Waals surface area (Å²) in [6.07, 6.45) is 0.303. The minimum atomic E-state index is -4.51. The first-order valence-corrected chi connectivity index (χ1v) is 5.76. The summed E-state index contributed by atoms with van der Waals surface area (Å²) in [7, 11) is 0. The highest BCUT2D eigenvalue weighted by atomic mass is 19.4. The van der Waals surface area contributed by atoms with E-state index in [1.807, 2.05) is 0 Å². The molecule has 0 aliphatic rings. The normalized spacial score (nSPS) is 12.2. The van der Waals surface area contributed by atoms with Crippen molar-refractivity contribution in [2.24, 2.45) is 0 Å². The maximum absolute atomic E-state index is 12.9. The molecular weight excluding hydrogens is 267 g/mol. The van der Waals surface area contributed by atoms with Crippen molar-refractivity contribution in [3.8, 4) is 0 Å². The zero-order valence-electron chi connectivity index (χ0n) is 10.3. The summed E-state index contributed by atoms with van der Waals surface area (Å²) in [6, 6.07) is 8.29. The molecule has 0 N–H and O–H groups in total. The number of rotatable bonds is 3. The van der Waals surface area contributed by atoms with Gasteiger partial charge in [-0.2, -0.15) is 13.2 Å². The summed E-state index contributed by atoms with van der Waals surface area (Å²) < 4.78 is 38.8. The number of carbonyl (C=O) groups excluding carboxylic acids is 1. The van der Waals surface area contributed by atoms with Gasteiger partial charge in [-0.1, -0.05) is 24.3 Å². The molecule has 0 amide bonds. The van der Waals surface area contributed by atoms with Crippen molar-refractivity contribution in [3.05, 3.63) is 65.5 Å². The molecule has 1 aromatic carbocycles. The lowest BCUT2D eigenvalue weighted by molar-refractivity contribution is -0.137. The molecule has 0 spiro atoms. The first-order chi connectivity index (χ1) is 9.52. The number of pyridine rings is 1. The van der Waals surface area contributed by atoms with Crippen LogP contribution in [0.15, 0.2) is 48.8 Å². The van der Waals surface area contributed by atoms with Crippen molar-refractivity contribution < 1.29 is 18.0 Å². The summed E-state index contributed by atoms with van der Waals surface area (Å²) in [5.74, 6) is 0. The van der Waals surface area contributed by atoms with Crippen LogP contribution in [0.25, 0.3) is 11.6 Å². The average molecular weight is 277 g/mol. The molecule has 0 saturated heterocycles. The molecule has 5 heteroatoms. The number of allylic oxidation sites excluding steroid dienone is 1. The van der Waals surface area contributed by atoms with E-state index in [0.717, 1.165) is 6.07 Å². The molecule has 20 heavy (non-hydrogen) atoms. The predicted molar refractivity (Wildman–Crippen MR) is 69.6 cm³/mol. The highest BCUT2D eigenvalue weighted by Gasteiger charge is 2.33. The number of hydrogen-bond acceptors (Lipinski definition) is 2. The van der Waals surface area contributed by atoms with Crippen molar-refractivity contribution >= 4 is 17.9 Å². The molecule has 102 valence electrons. The monoisotopic (exact) mass is 277 g/mol. The molecule has 1 aromatic heterocycles. The summed E-state index contributed by atoms with van der Waals surface area (Å²) >= 11 is 0. The van der Waals surface area contributed by atoms with Crippen molar-refractivity contribution in [1.82, 2.24) is 4.98 Å². The number of benzene rings is 1. The van der Waals surface area contributed by atoms with Crippen LogP contribution in [-0.4, -0.2) is 11.3 Å². The number of alkyl halides is 3. The van der Waals surface area contributed by atoms with Gasteiger partial charge in [-0.25, -0.2) is 0 Å². The Balaban J connectivity index is 2.54. The third-order valence-corrected chi connectivity index (χ3v) is 2.68. The Morgan fingerprint density at radius 2 is 1.85 bits per heavy atom. The van der Waals surface area contributed by atoms with Gasteiger partial charge >= 0.3 is 6.18 Å². The second-order valence-corrected chi connectivity index (χ2v) is 4.05. The molecule has 0 bridgehead atoms. The fourth-order valence-corrected chi connectivity index (χ4v) is 1.80. The van der Waals surface area contributed by atoms with Gasteiger partial charge in [0.05, 0.1) is 5.56 Å². The van der Waals surface area contributed by atoms with Crippen LogP contribution in [-0.2, 0) is 11.0 Å². The van der Waals surface area contributed by atoms with Crippen LogP contribution in [0.1, 0.15) is 16.7 Å². The Kier molecular flexibility index (Phi) is 3.98. The van der Waals surface area contributed by atoms with Crippen LogP contribution >= 0.6 is 0 Å². The third kappa shape index (κ3) is 3.12. The van der Waals surface area contributed by atoms with Crippen LogP contribution in [0.2, 0.25) is 0 Å². The van der Waals surface area contributed by atoms with E-state index in [4.69, 9.17) is 0 Å².